The first-order valence-electron chi connectivity index (χ1n) is 11.1. The second kappa shape index (κ2) is 5.48. The van der Waals surface area contributed by atoms with Crippen LogP contribution in [0.3, 0.4) is 0 Å². The minimum absolute atomic E-state index is 0.0737. The SMILES string of the molecule is O=C1[C@@H]2[C@H]3CC[C@@H](C3)[C@@H]2C(=O)N1c1ccc(N2C(=O)[C@@H]3[C@H](C2=O)[C@H]2C=C[C@H]3C2)cc1. The maximum atomic E-state index is 13.0. The molecule has 152 valence electrons. The van der Waals surface area contributed by atoms with Gasteiger partial charge in [-0.15, -0.1) is 0 Å². The second-order valence-corrected chi connectivity index (χ2v) is 9.92. The lowest BCUT2D eigenvalue weighted by Gasteiger charge is -2.20. The lowest BCUT2D eigenvalue weighted by atomic mass is 9.81. The molecule has 4 aliphatic carbocycles. The van der Waals surface area contributed by atoms with Gasteiger partial charge < -0.3 is 0 Å². The highest BCUT2D eigenvalue weighted by atomic mass is 16.2. The molecule has 2 saturated heterocycles. The van der Waals surface area contributed by atoms with Gasteiger partial charge in [-0.2, -0.15) is 0 Å². The smallest absolute Gasteiger partial charge is 0.238 e. The van der Waals surface area contributed by atoms with Crippen LogP contribution < -0.4 is 9.80 Å². The van der Waals surface area contributed by atoms with Gasteiger partial charge in [-0.05, 0) is 73.6 Å². The zero-order chi connectivity index (χ0) is 20.3. The van der Waals surface area contributed by atoms with Crippen LogP contribution in [0.25, 0.3) is 0 Å². The predicted octanol–water partition coefficient (Wildman–Crippen LogP) is 2.53. The molecule has 1 aromatic carbocycles. The van der Waals surface area contributed by atoms with Crippen molar-refractivity contribution in [1.82, 2.24) is 0 Å². The summed E-state index contributed by atoms with van der Waals surface area (Å²) < 4.78 is 0. The number of fused-ring (bicyclic) bond motifs is 10. The molecule has 2 aliphatic heterocycles. The highest BCUT2D eigenvalue weighted by Gasteiger charge is 2.61. The summed E-state index contributed by atoms with van der Waals surface area (Å²) in [4.78, 5) is 54.7. The third-order valence-corrected chi connectivity index (χ3v) is 8.76. The molecular weight excluding hydrogens is 380 g/mol. The Morgan fingerprint density at radius 2 is 0.967 bits per heavy atom. The molecule has 0 N–H and O–H groups in total. The molecule has 7 rings (SSSR count). The number of allylic oxidation sites excluding steroid dienone is 2. The second-order valence-electron chi connectivity index (χ2n) is 9.92. The molecule has 0 radical (unpaired) electrons. The molecule has 6 heteroatoms. The minimum atomic E-state index is -0.233. The normalized spacial score (nSPS) is 42.8. The van der Waals surface area contributed by atoms with E-state index < -0.39 is 0 Å². The predicted molar refractivity (Wildman–Crippen MR) is 107 cm³/mol. The average Bonchev–Trinajstić information content (AvgIpc) is 3.56. The fourth-order valence-electron chi connectivity index (χ4n) is 7.57. The van der Waals surface area contributed by atoms with Gasteiger partial charge in [0, 0.05) is 0 Å². The van der Waals surface area contributed by atoms with Crippen molar-refractivity contribution >= 4 is 35.0 Å². The monoisotopic (exact) mass is 402 g/mol. The Morgan fingerprint density at radius 3 is 1.40 bits per heavy atom. The van der Waals surface area contributed by atoms with Crippen molar-refractivity contribution in [1.29, 1.82) is 0 Å². The largest absolute Gasteiger partial charge is 0.274 e. The lowest BCUT2D eigenvalue weighted by Crippen LogP contribution is -2.34. The van der Waals surface area contributed by atoms with Crippen molar-refractivity contribution in [2.45, 2.75) is 25.7 Å². The van der Waals surface area contributed by atoms with Gasteiger partial charge in [0.15, 0.2) is 0 Å². The molecule has 4 bridgehead atoms. The number of rotatable bonds is 2. The number of hydrogen-bond donors (Lipinski definition) is 0. The van der Waals surface area contributed by atoms with Crippen LogP contribution in [0, 0.1) is 47.3 Å². The summed E-state index contributed by atoms with van der Waals surface area (Å²) in [6, 6.07) is 6.81. The first-order chi connectivity index (χ1) is 14.5. The Kier molecular flexibility index (Phi) is 3.10. The summed E-state index contributed by atoms with van der Waals surface area (Å²) in [5.74, 6) is -0.0971. The Labute approximate surface area is 173 Å². The summed E-state index contributed by atoms with van der Waals surface area (Å²) in [6.45, 7) is 0. The van der Waals surface area contributed by atoms with Crippen LogP contribution >= 0.6 is 0 Å². The Hall–Kier alpha value is -2.76. The van der Waals surface area contributed by atoms with E-state index in [9.17, 15) is 19.2 Å². The zero-order valence-corrected chi connectivity index (χ0v) is 16.4. The standard InChI is InChI=1S/C24H22N2O4/c27-21-17-11-1-2-12(9-11)18(17)22(28)25(21)15-5-7-16(8-6-15)26-23(29)19-13-3-4-14(10-13)20(19)24(26)30/h1-2,5-8,11-14,17-20H,3-4,9-10H2/t11-,12-,13-,14-,17-,18+,19-,20+/m0/s1. The summed E-state index contributed by atoms with van der Waals surface area (Å²) in [6.07, 6.45) is 8.18. The number of nitrogens with zero attached hydrogens (tertiary/aromatic N) is 2. The zero-order valence-electron chi connectivity index (χ0n) is 16.4. The third-order valence-electron chi connectivity index (χ3n) is 8.76. The van der Waals surface area contributed by atoms with E-state index in [1.165, 1.54) is 9.80 Å². The van der Waals surface area contributed by atoms with Gasteiger partial charge in [-0.3, -0.25) is 29.0 Å². The van der Waals surface area contributed by atoms with Crippen LogP contribution in [-0.4, -0.2) is 23.6 Å². The molecule has 6 nitrogen and oxygen atoms in total. The van der Waals surface area contributed by atoms with Crippen LogP contribution in [0.5, 0.6) is 0 Å². The molecule has 0 aromatic heterocycles. The van der Waals surface area contributed by atoms with Crippen molar-refractivity contribution in [3.63, 3.8) is 0 Å². The average molecular weight is 402 g/mol. The Bertz CT molecular complexity index is 980. The first-order valence-corrected chi connectivity index (χ1v) is 11.1. The third kappa shape index (κ3) is 1.86. The Balaban J connectivity index is 1.18. The fraction of sp³-hybridized carbons (Fsp3) is 0.500. The van der Waals surface area contributed by atoms with Gasteiger partial charge in [0.1, 0.15) is 0 Å². The number of carbonyl (C=O) groups excluding carboxylic acids is 4. The van der Waals surface area contributed by atoms with E-state index in [0.717, 1.165) is 25.7 Å². The molecule has 3 saturated carbocycles. The molecule has 0 unspecified atom stereocenters. The summed E-state index contributed by atoms with van der Waals surface area (Å²) >= 11 is 0. The molecule has 4 amide bonds. The highest BCUT2D eigenvalue weighted by molar-refractivity contribution is 6.24. The van der Waals surface area contributed by atoms with E-state index in [-0.39, 0.29) is 59.1 Å². The van der Waals surface area contributed by atoms with E-state index in [2.05, 4.69) is 12.2 Å². The van der Waals surface area contributed by atoms with E-state index in [0.29, 0.717) is 23.2 Å². The topological polar surface area (TPSA) is 74.8 Å². The van der Waals surface area contributed by atoms with Crippen molar-refractivity contribution in [2.24, 2.45) is 47.3 Å². The molecule has 30 heavy (non-hydrogen) atoms. The van der Waals surface area contributed by atoms with Crippen LogP contribution in [0.15, 0.2) is 36.4 Å². The molecule has 8 atom stereocenters. The number of imide groups is 2. The number of hydrogen-bond acceptors (Lipinski definition) is 4. The maximum Gasteiger partial charge on any atom is 0.238 e. The summed E-state index contributed by atoms with van der Waals surface area (Å²) in [7, 11) is 0. The minimum Gasteiger partial charge on any atom is -0.274 e. The quantitative estimate of drug-likeness (QED) is 0.563. The molecule has 5 fully saturated rings. The molecular formula is C24H22N2O4. The van der Waals surface area contributed by atoms with Crippen molar-refractivity contribution < 1.29 is 19.2 Å². The van der Waals surface area contributed by atoms with Crippen LogP contribution in [0.2, 0.25) is 0 Å². The van der Waals surface area contributed by atoms with Gasteiger partial charge in [-0.25, -0.2) is 0 Å². The number of benzene rings is 1. The van der Waals surface area contributed by atoms with E-state index in [1.807, 2.05) is 0 Å². The Morgan fingerprint density at radius 1 is 0.567 bits per heavy atom. The van der Waals surface area contributed by atoms with Gasteiger partial charge in [0.05, 0.1) is 35.0 Å². The van der Waals surface area contributed by atoms with Crippen molar-refractivity contribution in [2.75, 3.05) is 9.80 Å². The van der Waals surface area contributed by atoms with Gasteiger partial charge >= 0.3 is 0 Å². The highest BCUT2D eigenvalue weighted by Crippen LogP contribution is 2.57. The fourth-order valence-corrected chi connectivity index (χ4v) is 7.57. The molecule has 6 aliphatic rings. The van der Waals surface area contributed by atoms with E-state index in [1.54, 1.807) is 24.3 Å². The molecule has 2 heterocycles. The summed E-state index contributed by atoms with van der Waals surface area (Å²) in [5.41, 5.74) is 1.07. The number of anilines is 2. The van der Waals surface area contributed by atoms with Gasteiger partial charge in [0.2, 0.25) is 23.6 Å². The molecule has 0 spiro atoms. The van der Waals surface area contributed by atoms with Crippen LogP contribution in [-0.2, 0) is 19.2 Å². The van der Waals surface area contributed by atoms with Crippen molar-refractivity contribution in [3.8, 4) is 0 Å². The number of carbonyl (C=O) groups is 4. The lowest BCUT2D eigenvalue weighted by molar-refractivity contribution is -0.124. The first kappa shape index (κ1) is 17.0. The molecule has 1 aromatic rings. The summed E-state index contributed by atoms with van der Waals surface area (Å²) in [5, 5.41) is 0. The van der Waals surface area contributed by atoms with Crippen LogP contribution in [0.4, 0.5) is 11.4 Å². The van der Waals surface area contributed by atoms with Crippen molar-refractivity contribution in [3.05, 3.63) is 36.4 Å². The van der Waals surface area contributed by atoms with Gasteiger partial charge in [0.25, 0.3) is 0 Å². The van der Waals surface area contributed by atoms with Crippen LogP contribution in [0.1, 0.15) is 25.7 Å². The van der Waals surface area contributed by atoms with E-state index in [4.69, 9.17) is 0 Å². The van der Waals surface area contributed by atoms with Gasteiger partial charge in [-0.1, -0.05) is 12.2 Å². The number of amides is 4. The maximum absolute atomic E-state index is 13.0. The van der Waals surface area contributed by atoms with E-state index >= 15 is 0 Å².